The zero-order valence-corrected chi connectivity index (χ0v) is 17.2. The quantitative estimate of drug-likeness (QED) is 0.675. The zero-order valence-electron chi connectivity index (χ0n) is 17.2. The molecule has 30 heavy (non-hydrogen) atoms. The fraction of sp³-hybridized carbons (Fsp3) is 0.360. The molecule has 1 atom stereocenters. The molecule has 3 aromatic rings. The molecule has 1 aliphatic carbocycles. The van der Waals surface area contributed by atoms with E-state index >= 15 is 0 Å². The van der Waals surface area contributed by atoms with Gasteiger partial charge in [-0.05, 0) is 66.0 Å². The van der Waals surface area contributed by atoms with Crippen LogP contribution in [-0.2, 0) is 6.61 Å². The SMILES string of the molecule is Cc1cc(C(=O)N2CCC(c3ccc(-c4ccccc4C4CC4)cc3CO)C2)no1. The molecule has 1 saturated heterocycles. The standard InChI is InChI=1S/C25H26N2O3/c1-16-12-24(26-30-16)25(29)27-11-10-19(14-27)21-9-8-18(13-20(21)15-28)23-5-3-2-4-22(23)17-6-7-17/h2-5,8-9,12-13,17,19,28H,6-7,10-11,14-15H2,1H3. The van der Waals surface area contributed by atoms with Crippen molar-refractivity contribution in [2.24, 2.45) is 0 Å². The molecule has 2 aromatic carbocycles. The van der Waals surface area contributed by atoms with Gasteiger partial charge >= 0.3 is 0 Å². The largest absolute Gasteiger partial charge is 0.392 e. The highest BCUT2D eigenvalue weighted by atomic mass is 16.5. The molecule has 1 N–H and O–H groups in total. The summed E-state index contributed by atoms with van der Waals surface area (Å²) in [6.45, 7) is 3.11. The van der Waals surface area contributed by atoms with Gasteiger partial charge in [0.05, 0.1) is 6.61 Å². The molecule has 154 valence electrons. The van der Waals surface area contributed by atoms with Crippen LogP contribution in [0.25, 0.3) is 11.1 Å². The van der Waals surface area contributed by atoms with Crippen molar-refractivity contribution in [1.82, 2.24) is 10.1 Å². The molecule has 5 rings (SSSR count). The van der Waals surface area contributed by atoms with Crippen LogP contribution in [-0.4, -0.2) is 34.2 Å². The van der Waals surface area contributed by atoms with Gasteiger partial charge in [-0.2, -0.15) is 0 Å². The van der Waals surface area contributed by atoms with E-state index in [1.54, 1.807) is 13.0 Å². The van der Waals surface area contributed by atoms with E-state index < -0.39 is 0 Å². The Bertz CT molecular complexity index is 1080. The van der Waals surface area contributed by atoms with E-state index in [4.69, 9.17) is 4.52 Å². The second kappa shape index (κ2) is 7.73. The lowest BCUT2D eigenvalue weighted by molar-refractivity contribution is 0.0780. The number of aryl methyl sites for hydroxylation is 1. The summed E-state index contributed by atoms with van der Waals surface area (Å²) >= 11 is 0. The number of carbonyl (C=O) groups is 1. The molecule has 2 fully saturated rings. The van der Waals surface area contributed by atoms with Crippen molar-refractivity contribution in [1.29, 1.82) is 0 Å². The molecule has 1 aliphatic heterocycles. The molecule has 1 amide bonds. The van der Waals surface area contributed by atoms with Crippen LogP contribution in [0.5, 0.6) is 0 Å². The van der Waals surface area contributed by atoms with Crippen LogP contribution in [0.2, 0.25) is 0 Å². The maximum atomic E-state index is 12.7. The summed E-state index contributed by atoms with van der Waals surface area (Å²) < 4.78 is 5.05. The molecular weight excluding hydrogens is 376 g/mol. The number of benzene rings is 2. The Balaban J connectivity index is 1.39. The Kier molecular flexibility index (Phi) is 4.91. The number of likely N-dealkylation sites (tertiary alicyclic amines) is 1. The number of rotatable bonds is 5. The fourth-order valence-corrected chi connectivity index (χ4v) is 4.65. The van der Waals surface area contributed by atoms with Crippen molar-refractivity contribution in [3.63, 3.8) is 0 Å². The Labute approximate surface area is 176 Å². The molecule has 5 nitrogen and oxygen atoms in total. The number of amides is 1. The number of hydrogen-bond acceptors (Lipinski definition) is 4. The molecule has 2 aliphatic rings. The van der Waals surface area contributed by atoms with E-state index in [0.29, 0.717) is 30.5 Å². The second-order valence-corrected chi connectivity index (χ2v) is 8.49. The lowest BCUT2D eigenvalue weighted by Crippen LogP contribution is -2.28. The molecular formula is C25H26N2O3. The normalized spacial score (nSPS) is 18.7. The van der Waals surface area contributed by atoms with Gasteiger partial charge in [0.25, 0.3) is 5.91 Å². The zero-order chi connectivity index (χ0) is 20.7. The average molecular weight is 402 g/mol. The number of aromatic nitrogens is 1. The van der Waals surface area contributed by atoms with E-state index in [1.807, 2.05) is 4.90 Å². The monoisotopic (exact) mass is 402 g/mol. The van der Waals surface area contributed by atoms with Gasteiger partial charge in [-0.1, -0.05) is 41.6 Å². The Morgan fingerprint density at radius 3 is 2.67 bits per heavy atom. The molecule has 5 heteroatoms. The molecule has 1 aromatic heterocycles. The van der Waals surface area contributed by atoms with Gasteiger partial charge in [-0.3, -0.25) is 4.79 Å². The first-order chi connectivity index (χ1) is 14.6. The van der Waals surface area contributed by atoms with Crippen molar-refractivity contribution >= 4 is 5.91 Å². The van der Waals surface area contributed by atoms with E-state index in [2.05, 4.69) is 47.6 Å². The van der Waals surface area contributed by atoms with E-state index in [-0.39, 0.29) is 18.4 Å². The second-order valence-electron chi connectivity index (χ2n) is 8.49. The minimum atomic E-state index is -0.0881. The van der Waals surface area contributed by atoms with Gasteiger partial charge < -0.3 is 14.5 Å². The third kappa shape index (κ3) is 3.54. The minimum Gasteiger partial charge on any atom is -0.392 e. The highest BCUT2D eigenvalue weighted by Gasteiger charge is 2.31. The van der Waals surface area contributed by atoms with Gasteiger partial charge in [0, 0.05) is 25.1 Å². The van der Waals surface area contributed by atoms with Gasteiger partial charge in [-0.25, -0.2) is 0 Å². The summed E-state index contributed by atoms with van der Waals surface area (Å²) in [7, 11) is 0. The smallest absolute Gasteiger partial charge is 0.276 e. The van der Waals surface area contributed by atoms with Crippen LogP contribution in [0.4, 0.5) is 0 Å². The van der Waals surface area contributed by atoms with Crippen molar-refractivity contribution in [2.45, 2.75) is 44.6 Å². The fourth-order valence-electron chi connectivity index (χ4n) is 4.65. The van der Waals surface area contributed by atoms with Crippen LogP contribution in [0, 0.1) is 6.92 Å². The summed E-state index contributed by atoms with van der Waals surface area (Å²) in [5.74, 6) is 1.44. The first-order valence-electron chi connectivity index (χ1n) is 10.7. The molecule has 0 spiro atoms. The third-order valence-corrected chi connectivity index (χ3v) is 6.36. The summed E-state index contributed by atoms with van der Waals surface area (Å²) in [6.07, 6.45) is 3.41. The minimum absolute atomic E-state index is 0.00168. The van der Waals surface area contributed by atoms with Gasteiger partial charge in [0.1, 0.15) is 5.76 Å². The number of aliphatic hydroxyl groups excluding tert-OH is 1. The highest BCUT2D eigenvalue weighted by molar-refractivity contribution is 5.92. The maximum Gasteiger partial charge on any atom is 0.276 e. The summed E-state index contributed by atoms with van der Waals surface area (Å²) in [5.41, 5.74) is 6.30. The van der Waals surface area contributed by atoms with Crippen molar-refractivity contribution in [2.75, 3.05) is 13.1 Å². The predicted octanol–water partition coefficient (Wildman–Crippen LogP) is 4.65. The number of hydrogen-bond donors (Lipinski definition) is 1. The van der Waals surface area contributed by atoms with Gasteiger partial charge in [0.15, 0.2) is 5.69 Å². The van der Waals surface area contributed by atoms with Crippen LogP contribution in [0.1, 0.15) is 64.0 Å². The molecule has 1 unspecified atom stereocenters. The summed E-state index contributed by atoms with van der Waals surface area (Å²) in [4.78, 5) is 14.5. The van der Waals surface area contributed by atoms with Crippen LogP contribution < -0.4 is 0 Å². The Hall–Kier alpha value is -2.92. The molecule has 1 saturated carbocycles. The first kappa shape index (κ1) is 19.1. The third-order valence-electron chi connectivity index (χ3n) is 6.36. The van der Waals surface area contributed by atoms with E-state index in [0.717, 1.165) is 23.1 Å². The molecule has 0 radical (unpaired) electrons. The van der Waals surface area contributed by atoms with Crippen molar-refractivity contribution in [3.8, 4) is 11.1 Å². The lowest BCUT2D eigenvalue weighted by atomic mass is 9.89. The summed E-state index contributed by atoms with van der Waals surface area (Å²) in [5, 5.41) is 14.0. The highest BCUT2D eigenvalue weighted by Crippen LogP contribution is 2.44. The first-order valence-corrected chi connectivity index (χ1v) is 10.7. The van der Waals surface area contributed by atoms with E-state index in [1.165, 1.54) is 24.0 Å². The topological polar surface area (TPSA) is 66.6 Å². The number of carbonyl (C=O) groups excluding carboxylic acids is 1. The number of aliphatic hydroxyl groups is 1. The lowest BCUT2D eigenvalue weighted by Gasteiger charge is -2.18. The Morgan fingerprint density at radius 2 is 1.93 bits per heavy atom. The Morgan fingerprint density at radius 1 is 1.10 bits per heavy atom. The summed E-state index contributed by atoms with van der Waals surface area (Å²) in [6, 6.07) is 16.7. The predicted molar refractivity (Wildman–Crippen MR) is 114 cm³/mol. The van der Waals surface area contributed by atoms with Crippen LogP contribution in [0.3, 0.4) is 0 Å². The average Bonchev–Trinajstić information content (AvgIpc) is 3.35. The number of nitrogens with zero attached hydrogens (tertiary/aromatic N) is 2. The van der Waals surface area contributed by atoms with E-state index in [9.17, 15) is 9.90 Å². The van der Waals surface area contributed by atoms with Crippen molar-refractivity contribution in [3.05, 3.63) is 76.7 Å². The maximum absolute atomic E-state index is 12.7. The van der Waals surface area contributed by atoms with Crippen LogP contribution >= 0.6 is 0 Å². The van der Waals surface area contributed by atoms with Crippen LogP contribution in [0.15, 0.2) is 53.1 Å². The molecule has 0 bridgehead atoms. The van der Waals surface area contributed by atoms with Gasteiger partial charge in [-0.15, -0.1) is 0 Å². The van der Waals surface area contributed by atoms with Gasteiger partial charge in [0.2, 0.25) is 0 Å². The molecule has 2 heterocycles. The van der Waals surface area contributed by atoms with Crippen molar-refractivity contribution < 1.29 is 14.4 Å².